The fourth-order valence-electron chi connectivity index (χ4n) is 1.87. The average Bonchev–Trinajstić information content (AvgIpc) is 2.25. The highest BCUT2D eigenvalue weighted by molar-refractivity contribution is 4.92. The van der Waals surface area contributed by atoms with E-state index in [1.165, 1.54) is 49.0 Å². The number of hydrogen-bond donors (Lipinski definition) is 0. The Morgan fingerprint density at radius 3 is 2.12 bits per heavy atom. The summed E-state index contributed by atoms with van der Waals surface area (Å²) in [5.41, 5.74) is 1.45. The lowest BCUT2D eigenvalue weighted by molar-refractivity contribution is -0.906. The van der Waals surface area contributed by atoms with E-state index >= 15 is 0 Å². The number of quaternary nitrogens is 1. The minimum atomic E-state index is 0.867. The van der Waals surface area contributed by atoms with Crippen LogP contribution in [0.15, 0.2) is 11.6 Å². The zero-order valence-corrected chi connectivity index (χ0v) is 12.3. The van der Waals surface area contributed by atoms with Crippen LogP contribution in [0.1, 0.15) is 53.9 Å². The van der Waals surface area contributed by atoms with Crippen LogP contribution in [0.4, 0.5) is 0 Å². The molecule has 0 fully saturated rings. The molecular weight excluding hydrogens is 194 g/mol. The minimum absolute atomic E-state index is 0.867. The third-order valence-electron chi connectivity index (χ3n) is 3.90. The molecule has 1 heteroatoms. The molecule has 0 aromatic carbocycles. The molecular formula is C15H32N+. The number of hydrogen-bond acceptors (Lipinski definition) is 0. The summed E-state index contributed by atoms with van der Waals surface area (Å²) in [6.07, 6.45) is 6.34. The van der Waals surface area contributed by atoms with Crippen LogP contribution >= 0.6 is 0 Å². The van der Waals surface area contributed by atoms with Gasteiger partial charge >= 0.3 is 0 Å². The van der Waals surface area contributed by atoms with E-state index in [-0.39, 0.29) is 0 Å². The first-order valence-corrected chi connectivity index (χ1v) is 6.90. The Morgan fingerprint density at radius 2 is 1.69 bits per heavy atom. The number of rotatable bonds is 8. The van der Waals surface area contributed by atoms with E-state index in [0.29, 0.717) is 0 Å². The molecule has 0 saturated carbocycles. The van der Waals surface area contributed by atoms with Gasteiger partial charge in [0.05, 0.1) is 26.7 Å². The van der Waals surface area contributed by atoms with Crippen LogP contribution in [0, 0.1) is 5.92 Å². The van der Waals surface area contributed by atoms with Crippen LogP contribution in [0.25, 0.3) is 0 Å². The van der Waals surface area contributed by atoms with E-state index in [1.807, 2.05) is 0 Å². The lowest BCUT2D eigenvalue weighted by Crippen LogP contribution is -2.44. The monoisotopic (exact) mass is 226 g/mol. The van der Waals surface area contributed by atoms with Crippen LogP contribution in [-0.2, 0) is 0 Å². The van der Waals surface area contributed by atoms with Gasteiger partial charge in [-0.05, 0) is 52.9 Å². The molecule has 1 atom stereocenters. The Balaban J connectivity index is 3.80. The molecule has 0 saturated heterocycles. The van der Waals surface area contributed by atoms with Gasteiger partial charge in [0.1, 0.15) is 0 Å². The highest BCUT2D eigenvalue weighted by Gasteiger charge is 2.17. The summed E-state index contributed by atoms with van der Waals surface area (Å²) in [7, 11) is 2.38. The van der Waals surface area contributed by atoms with E-state index < -0.39 is 0 Å². The quantitative estimate of drug-likeness (QED) is 0.429. The second-order valence-corrected chi connectivity index (χ2v) is 5.73. The van der Waals surface area contributed by atoms with Gasteiger partial charge in [0.2, 0.25) is 0 Å². The Morgan fingerprint density at radius 1 is 1.12 bits per heavy atom. The van der Waals surface area contributed by atoms with Gasteiger partial charge in [-0.15, -0.1) is 0 Å². The molecule has 0 unspecified atom stereocenters. The van der Waals surface area contributed by atoms with Crippen molar-refractivity contribution >= 4 is 0 Å². The largest absolute Gasteiger partial charge is 0.326 e. The van der Waals surface area contributed by atoms with E-state index in [9.17, 15) is 0 Å². The van der Waals surface area contributed by atoms with Gasteiger partial charge in [-0.25, -0.2) is 0 Å². The first-order chi connectivity index (χ1) is 7.43. The molecule has 0 aromatic rings. The van der Waals surface area contributed by atoms with Crippen molar-refractivity contribution in [1.82, 2.24) is 0 Å². The second kappa shape index (κ2) is 7.89. The normalized spacial score (nSPS) is 13.6. The summed E-state index contributed by atoms with van der Waals surface area (Å²) < 4.78 is 1.23. The second-order valence-electron chi connectivity index (χ2n) is 5.73. The maximum Gasteiger partial charge on any atom is 0.0786 e. The molecule has 0 heterocycles. The fraction of sp³-hybridized carbons (Fsp3) is 0.867. The average molecular weight is 226 g/mol. The van der Waals surface area contributed by atoms with Gasteiger partial charge in [0.15, 0.2) is 0 Å². The lowest BCUT2D eigenvalue weighted by Gasteiger charge is -2.33. The number of nitrogens with zero attached hydrogens (tertiary/aromatic N) is 1. The summed E-state index contributed by atoms with van der Waals surface area (Å²) >= 11 is 0. The van der Waals surface area contributed by atoms with Gasteiger partial charge in [0.25, 0.3) is 0 Å². The molecule has 0 aliphatic carbocycles. The summed E-state index contributed by atoms with van der Waals surface area (Å²) in [5.74, 6) is 0.867. The molecule has 0 spiro atoms. The zero-order chi connectivity index (χ0) is 12.6. The maximum atomic E-state index is 2.40. The van der Waals surface area contributed by atoms with E-state index in [2.05, 4.69) is 47.7 Å². The lowest BCUT2D eigenvalue weighted by atomic mass is 10.00. The molecule has 0 radical (unpaired) electrons. The van der Waals surface area contributed by atoms with Gasteiger partial charge in [-0.1, -0.05) is 18.6 Å². The van der Waals surface area contributed by atoms with Crippen molar-refractivity contribution in [2.24, 2.45) is 5.92 Å². The van der Waals surface area contributed by atoms with Gasteiger partial charge in [-0.3, -0.25) is 0 Å². The van der Waals surface area contributed by atoms with E-state index in [0.717, 1.165) is 5.92 Å². The molecule has 16 heavy (non-hydrogen) atoms. The van der Waals surface area contributed by atoms with E-state index in [4.69, 9.17) is 0 Å². The van der Waals surface area contributed by atoms with E-state index in [1.54, 1.807) is 0 Å². The summed E-state index contributed by atoms with van der Waals surface area (Å²) in [6.45, 7) is 15.2. The SMILES string of the molecule is CC[N+](C)(CC)CC[C@@H](C)CCC=C(C)C. The van der Waals surface area contributed by atoms with Crippen LogP contribution in [-0.4, -0.2) is 31.2 Å². The molecule has 0 aromatic heterocycles. The van der Waals surface area contributed by atoms with Crippen molar-refractivity contribution < 1.29 is 4.48 Å². The highest BCUT2D eigenvalue weighted by Crippen LogP contribution is 2.14. The van der Waals surface area contributed by atoms with Crippen LogP contribution in [0.2, 0.25) is 0 Å². The summed E-state index contributed by atoms with van der Waals surface area (Å²) in [6, 6.07) is 0. The summed E-state index contributed by atoms with van der Waals surface area (Å²) in [4.78, 5) is 0. The summed E-state index contributed by atoms with van der Waals surface area (Å²) in [5, 5.41) is 0. The molecule has 0 bridgehead atoms. The topological polar surface area (TPSA) is 0 Å². The number of allylic oxidation sites excluding steroid dienone is 2. The van der Waals surface area contributed by atoms with Crippen molar-refractivity contribution in [2.45, 2.75) is 53.9 Å². The van der Waals surface area contributed by atoms with Crippen molar-refractivity contribution in [2.75, 3.05) is 26.7 Å². The van der Waals surface area contributed by atoms with Crippen LogP contribution < -0.4 is 0 Å². The van der Waals surface area contributed by atoms with Crippen molar-refractivity contribution in [3.63, 3.8) is 0 Å². The fourth-order valence-corrected chi connectivity index (χ4v) is 1.87. The Bertz CT molecular complexity index is 197. The first kappa shape index (κ1) is 15.7. The third kappa shape index (κ3) is 7.05. The Labute approximate surface area is 103 Å². The molecule has 0 amide bonds. The van der Waals surface area contributed by atoms with Crippen molar-refractivity contribution in [3.8, 4) is 0 Å². The highest BCUT2D eigenvalue weighted by atomic mass is 15.3. The standard InChI is InChI=1S/C15H32N/c1-7-16(6,8-2)13-12-15(5)11-9-10-14(3)4/h10,15H,7-9,11-13H2,1-6H3/q+1/t15-/m0/s1. The molecule has 0 rings (SSSR count). The van der Waals surface area contributed by atoms with Crippen LogP contribution in [0.5, 0.6) is 0 Å². The predicted molar refractivity (Wildman–Crippen MR) is 74.6 cm³/mol. The maximum absolute atomic E-state index is 2.40. The van der Waals surface area contributed by atoms with Gasteiger partial charge in [0, 0.05) is 0 Å². The molecule has 0 aliphatic rings. The molecule has 0 aliphatic heterocycles. The predicted octanol–water partition coefficient (Wildman–Crippen LogP) is 4.25. The van der Waals surface area contributed by atoms with Gasteiger partial charge in [-0.2, -0.15) is 0 Å². The Hall–Kier alpha value is -0.300. The van der Waals surface area contributed by atoms with Gasteiger partial charge < -0.3 is 4.48 Å². The molecule has 1 nitrogen and oxygen atoms in total. The minimum Gasteiger partial charge on any atom is -0.326 e. The zero-order valence-electron chi connectivity index (χ0n) is 12.3. The molecule has 96 valence electrons. The Kier molecular flexibility index (Phi) is 7.74. The van der Waals surface area contributed by atoms with Crippen molar-refractivity contribution in [3.05, 3.63) is 11.6 Å². The first-order valence-electron chi connectivity index (χ1n) is 6.90. The van der Waals surface area contributed by atoms with Crippen molar-refractivity contribution in [1.29, 1.82) is 0 Å². The third-order valence-corrected chi connectivity index (χ3v) is 3.90. The smallest absolute Gasteiger partial charge is 0.0786 e. The van der Waals surface area contributed by atoms with Crippen LogP contribution in [0.3, 0.4) is 0 Å². The molecule has 0 N–H and O–H groups in total.